The zero-order valence-electron chi connectivity index (χ0n) is 10.1. The molecule has 2 rings (SSSR count). The summed E-state index contributed by atoms with van der Waals surface area (Å²) in [5, 5.41) is 3.22. The van der Waals surface area contributed by atoms with Crippen molar-refractivity contribution in [3.05, 3.63) is 29.6 Å². The molecule has 1 saturated carbocycles. The van der Waals surface area contributed by atoms with Gasteiger partial charge in [-0.25, -0.2) is 4.39 Å². The molecule has 17 heavy (non-hydrogen) atoms. The van der Waals surface area contributed by atoms with Crippen molar-refractivity contribution in [1.82, 2.24) is 0 Å². The third-order valence-electron chi connectivity index (χ3n) is 3.34. The lowest BCUT2D eigenvalue weighted by Crippen LogP contribution is -2.23. The molecule has 0 spiro atoms. The molecule has 1 fully saturated rings. The van der Waals surface area contributed by atoms with E-state index in [2.05, 4.69) is 5.32 Å². The maximum Gasteiger partial charge on any atom is 0.159 e. The fraction of sp³-hybridized carbons (Fsp3) is 0.500. The fourth-order valence-corrected chi connectivity index (χ4v) is 2.32. The number of rotatable bonds is 3. The van der Waals surface area contributed by atoms with E-state index in [4.69, 9.17) is 0 Å². The van der Waals surface area contributed by atoms with Gasteiger partial charge in [0.15, 0.2) is 5.78 Å². The molecule has 0 unspecified atom stereocenters. The zero-order chi connectivity index (χ0) is 12.3. The van der Waals surface area contributed by atoms with E-state index in [1.165, 1.54) is 38.3 Å². The number of halogens is 1. The minimum atomic E-state index is -0.277. The summed E-state index contributed by atoms with van der Waals surface area (Å²) in [6, 6.07) is 4.86. The van der Waals surface area contributed by atoms with Crippen LogP contribution in [0.25, 0.3) is 0 Å². The van der Waals surface area contributed by atoms with Gasteiger partial charge < -0.3 is 5.32 Å². The number of Topliss-reactive ketones (excluding diaryl/α,β-unsaturated/α-hetero) is 1. The molecule has 92 valence electrons. The van der Waals surface area contributed by atoms with E-state index in [1.54, 1.807) is 6.07 Å². The van der Waals surface area contributed by atoms with Crippen LogP contribution in [0, 0.1) is 5.82 Å². The second-order valence-electron chi connectivity index (χ2n) is 4.73. The van der Waals surface area contributed by atoms with Crippen LogP contribution < -0.4 is 5.32 Å². The Morgan fingerprint density at radius 1 is 1.29 bits per heavy atom. The van der Waals surface area contributed by atoms with Crippen LogP contribution in [0.1, 0.15) is 49.4 Å². The molecule has 0 atom stereocenters. The number of nitrogens with one attached hydrogen (secondary N) is 1. The lowest BCUT2D eigenvalue weighted by Gasteiger charge is -2.24. The quantitative estimate of drug-likeness (QED) is 0.808. The van der Waals surface area contributed by atoms with Gasteiger partial charge in [0.1, 0.15) is 5.82 Å². The summed E-state index contributed by atoms with van der Waals surface area (Å²) in [5.74, 6) is -0.308. The van der Waals surface area contributed by atoms with Gasteiger partial charge >= 0.3 is 0 Å². The van der Waals surface area contributed by atoms with Gasteiger partial charge in [-0.05, 0) is 38.0 Å². The highest BCUT2D eigenvalue weighted by Gasteiger charge is 2.15. The van der Waals surface area contributed by atoms with Crippen molar-refractivity contribution in [1.29, 1.82) is 0 Å². The number of carbonyl (C=O) groups excluding carboxylic acids is 1. The number of hydrogen-bond acceptors (Lipinski definition) is 2. The molecule has 0 aliphatic heterocycles. The fourth-order valence-electron chi connectivity index (χ4n) is 2.32. The van der Waals surface area contributed by atoms with Gasteiger partial charge in [0, 0.05) is 11.6 Å². The number of anilines is 1. The first kappa shape index (κ1) is 12.1. The second-order valence-corrected chi connectivity index (χ2v) is 4.73. The average molecular weight is 235 g/mol. The van der Waals surface area contributed by atoms with Crippen LogP contribution in [0.4, 0.5) is 10.1 Å². The van der Waals surface area contributed by atoms with Crippen LogP contribution in [0.2, 0.25) is 0 Å². The Balaban J connectivity index is 2.13. The molecule has 0 bridgehead atoms. The molecule has 0 amide bonds. The predicted molar refractivity (Wildman–Crippen MR) is 66.9 cm³/mol. The number of hydrogen-bond donors (Lipinski definition) is 1. The average Bonchev–Trinajstić information content (AvgIpc) is 2.33. The molecule has 2 nitrogen and oxygen atoms in total. The van der Waals surface area contributed by atoms with Crippen LogP contribution in [-0.2, 0) is 0 Å². The molecule has 0 radical (unpaired) electrons. The van der Waals surface area contributed by atoms with Crippen LogP contribution in [0.15, 0.2) is 18.2 Å². The van der Waals surface area contributed by atoms with Gasteiger partial charge in [-0.1, -0.05) is 19.3 Å². The first-order valence-corrected chi connectivity index (χ1v) is 6.24. The van der Waals surface area contributed by atoms with Crippen molar-refractivity contribution in [3.63, 3.8) is 0 Å². The minimum Gasteiger partial charge on any atom is -0.380 e. The molecule has 1 aliphatic rings. The van der Waals surface area contributed by atoms with Gasteiger partial charge in [-0.3, -0.25) is 4.79 Å². The summed E-state index contributed by atoms with van der Waals surface area (Å²) in [4.78, 5) is 11.3. The van der Waals surface area contributed by atoms with E-state index < -0.39 is 0 Å². The van der Waals surface area contributed by atoms with E-state index in [1.807, 2.05) is 0 Å². The maximum atomic E-state index is 13.6. The van der Waals surface area contributed by atoms with Crippen molar-refractivity contribution >= 4 is 11.5 Å². The predicted octanol–water partition coefficient (Wildman–Crippen LogP) is 3.77. The molecular weight excluding hydrogens is 217 g/mol. The summed E-state index contributed by atoms with van der Waals surface area (Å²) in [6.07, 6.45) is 5.85. The molecule has 1 N–H and O–H groups in total. The van der Waals surface area contributed by atoms with Gasteiger partial charge in [-0.15, -0.1) is 0 Å². The van der Waals surface area contributed by atoms with Crippen LogP contribution in [-0.4, -0.2) is 11.8 Å². The van der Waals surface area contributed by atoms with E-state index >= 15 is 0 Å². The molecule has 0 saturated heterocycles. The van der Waals surface area contributed by atoms with Crippen molar-refractivity contribution in [2.75, 3.05) is 5.32 Å². The molecule has 1 aliphatic carbocycles. The number of carbonyl (C=O) groups is 1. The zero-order valence-corrected chi connectivity index (χ0v) is 10.1. The smallest absolute Gasteiger partial charge is 0.159 e. The normalized spacial score (nSPS) is 16.8. The SMILES string of the molecule is CC(=O)c1ccc(F)c(NC2CCCCC2)c1. The highest BCUT2D eigenvalue weighted by Crippen LogP contribution is 2.24. The van der Waals surface area contributed by atoms with Gasteiger partial charge in [0.2, 0.25) is 0 Å². The Bertz CT molecular complexity index is 411. The summed E-state index contributed by atoms with van der Waals surface area (Å²) in [5.41, 5.74) is 1.02. The lowest BCUT2D eigenvalue weighted by atomic mass is 9.95. The summed E-state index contributed by atoms with van der Waals surface area (Å²) in [6.45, 7) is 1.50. The van der Waals surface area contributed by atoms with Crippen molar-refractivity contribution in [2.45, 2.75) is 45.1 Å². The highest BCUT2D eigenvalue weighted by molar-refractivity contribution is 5.94. The Morgan fingerprint density at radius 3 is 2.65 bits per heavy atom. The summed E-state index contributed by atoms with van der Waals surface area (Å²) in [7, 11) is 0. The largest absolute Gasteiger partial charge is 0.380 e. The first-order valence-electron chi connectivity index (χ1n) is 6.24. The number of ketones is 1. The van der Waals surface area contributed by atoms with E-state index in [0.29, 0.717) is 17.3 Å². The Hall–Kier alpha value is -1.38. The summed E-state index contributed by atoms with van der Waals surface area (Å²) >= 11 is 0. The van der Waals surface area contributed by atoms with Crippen LogP contribution >= 0.6 is 0 Å². The highest BCUT2D eigenvalue weighted by atomic mass is 19.1. The summed E-state index contributed by atoms with van der Waals surface area (Å²) < 4.78 is 13.6. The van der Waals surface area contributed by atoms with Crippen LogP contribution in [0.3, 0.4) is 0 Å². The Labute approximate surface area is 101 Å². The van der Waals surface area contributed by atoms with Crippen molar-refractivity contribution in [3.8, 4) is 0 Å². The van der Waals surface area contributed by atoms with E-state index in [0.717, 1.165) is 12.8 Å². The van der Waals surface area contributed by atoms with E-state index in [9.17, 15) is 9.18 Å². The molecule has 0 aromatic heterocycles. The van der Waals surface area contributed by atoms with Gasteiger partial charge in [0.05, 0.1) is 5.69 Å². The Morgan fingerprint density at radius 2 is 2.00 bits per heavy atom. The molecule has 0 heterocycles. The van der Waals surface area contributed by atoms with E-state index in [-0.39, 0.29) is 11.6 Å². The van der Waals surface area contributed by atoms with Gasteiger partial charge in [0.25, 0.3) is 0 Å². The number of benzene rings is 1. The minimum absolute atomic E-state index is 0.0308. The molecule has 1 aromatic carbocycles. The third-order valence-corrected chi connectivity index (χ3v) is 3.34. The van der Waals surface area contributed by atoms with Gasteiger partial charge in [-0.2, -0.15) is 0 Å². The maximum absolute atomic E-state index is 13.6. The topological polar surface area (TPSA) is 29.1 Å². The monoisotopic (exact) mass is 235 g/mol. The second kappa shape index (κ2) is 5.30. The van der Waals surface area contributed by atoms with Crippen LogP contribution in [0.5, 0.6) is 0 Å². The Kier molecular flexibility index (Phi) is 3.77. The standard InChI is InChI=1S/C14H18FNO/c1-10(17)11-7-8-13(15)14(9-11)16-12-5-3-2-4-6-12/h7-9,12,16H,2-6H2,1H3. The van der Waals surface area contributed by atoms with Crippen molar-refractivity contribution in [2.24, 2.45) is 0 Å². The first-order chi connectivity index (χ1) is 8.16. The molecule has 3 heteroatoms. The van der Waals surface area contributed by atoms with Crippen molar-refractivity contribution < 1.29 is 9.18 Å². The third kappa shape index (κ3) is 3.05. The lowest BCUT2D eigenvalue weighted by molar-refractivity contribution is 0.101. The molecular formula is C14H18FNO. The molecule has 1 aromatic rings.